The summed E-state index contributed by atoms with van der Waals surface area (Å²) >= 11 is 5.73. The van der Waals surface area contributed by atoms with E-state index in [9.17, 15) is 22.8 Å². The van der Waals surface area contributed by atoms with Crippen LogP contribution in [0.3, 0.4) is 0 Å². The predicted octanol–water partition coefficient (Wildman–Crippen LogP) is 2.63. The molecule has 1 saturated carbocycles. The van der Waals surface area contributed by atoms with E-state index in [0.717, 1.165) is 18.9 Å². The molecule has 0 aliphatic heterocycles. The first-order valence-electron chi connectivity index (χ1n) is 7.64. The van der Waals surface area contributed by atoms with Crippen molar-refractivity contribution < 1.29 is 27.5 Å². The van der Waals surface area contributed by atoms with Gasteiger partial charge in [-0.3, -0.25) is 9.59 Å². The zero-order chi connectivity index (χ0) is 18.4. The van der Waals surface area contributed by atoms with E-state index < -0.39 is 23.6 Å². The number of alkyl halides is 3. The number of carbonyl (C=O) groups excluding carboxylic acids is 2. The van der Waals surface area contributed by atoms with Gasteiger partial charge in [-0.2, -0.15) is 13.2 Å². The molecule has 0 radical (unpaired) electrons. The van der Waals surface area contributed by atoms with E-state index in [4.69, 9.17) is 16.3 Å². The highest BCUT2D eigenvalue weighted by molar-refractivity contribution is 6.32. The normalized spacial score (nSPS) is 14.1. The largest absolute Gasteiger partial charge is 0.464 e. The van der Waals surface area contributed by atoms with Gasteiger partial charge in [0.2, 0.25) is 5.91 Å². The van der Waals surface area contributed by atoms with E-state index in [-0.39, 0.29) is 30.4 Å². The second-order valence-electron chi connectivity index (χ2n) is 5.63. The fourth-order valence-corrected chi connectivity index (χ4v) is 2.06. The molecule has 1 fully saturated rings. The molecule has 1 amide bonds. The first kappa shape index (κ1) is 19.3. The number of halogens is 4. The maximum Gasteiger partial charge on any atom is 0.417 e. The number of rotatable bonds is 8. The Morgan fingerprint density at radius 1 is 1.36 bits per heavy atom. The number of esters is 1. The molecule has 1 aliphatic rings. The summed E-state index contributed by atoms with van der Waals surface area (Å²) < 4.78 is 42.5. The van der Waals surface area contributed by atoms with Gasteiger partial charge < -0.3 is 15.4 Å². The fourth-order valence-electron chi connectivity index (χ4n) is 1.82. The quantitative estimate of drug-likeness (QED) is 0.679. The Labute approximate surface area is 147 Å². The molecule has 0 unspecified atom stereocenters. The number of aromatic nitrogens is 1. The molecule has 1 aliphatic carbocycles. The summed E-state index contributed by atoms with van der Waals surface area (Å²) in [6.45, 7) is 0.264. The molecule has 6 nitrogen and oxygen atoms in total. The lowest BCUT2D eigenvalue weighted by Gasteiger charge is -2.11. The summed E-state index contributed by atoms with van der Waals surface area (Å²) in [4.78, 5) is 26.6. The minimum atomic E-state index is -4.52. The third-order valence-corrected chi connectivity index (χ3v) is 3.71. The first-order valence-corrected chi connectivity index (χ1v) is 8.02. The molecule has 10 heteroatoms. The van der Waals surface area contributed by atoms with Crippen molar-refractivity contribution in [3.8, 4) is 0 Å². The number of ether oxygens (including phenoxy) is 1. The Kier molecular flexibility index (Phi) is 6.46. The number of hydrogen-bond acceptors (Lipinski definition) is 5. The van der Waals surface area contributed by atoms with E-state index in [0.29, 0.717) is 18.7 Å². The van der Waals surface area contributed by atoms with Crippen LogP contribution in [0.4, 0.5) is 19.0 Å². The van der Waals surface area contributed by atoms with Gasteiger partial charge in [0.15, 0.2) is 0 Å². The zero-order valence-corrected chi connectivity index (χ0v) is 13.9. The van der Waals surface area contributed by atoms with Crippen LogP contribution in [0.5, 0.6) is 0 Å². The van der Waals surface area contributed by atoms with Gasteiger partial charge in [-0.25, -0.2) is 4.98 Å². The van der Waals surface area contributed by atoms with Crippen LogP contribution < -0.4 is 10.6 Å². The first-order chi connectivity index (χ1) is 11.8. The molecule has 1 heterocycles. The molecule has 0 spiro atoms. The van der Waals surface area contributed by atoms with Crippen molar-refractivity contribution in [3.63, 3.8) is 0 Å². The van der Waals surface area contributed by atoms with Crippen LogP contribution in [0.15, 0.2) is 12.3 Å². The monoisotopic (exact) mass is 379 g/mol. The highest BCUT2D eigenvalue weighted by Gasteiger charge is 2.31. The third kappa shape index (κ3) is 6.77. The fraction of sp³-hybridized carbons (Fsp3) is 0.533. The Morgan fingerprint density at radius 2 is 2.08 bits per heavy atom. The highest BCUT2D eigenvalue weighted by atomic mass is 35.5. The van der Waals surface area contributed by atoms with Crippen LogP contribution in [0.2, 0.25) is 5.02 Å². The summed E-state index contributed by atoms with van der Waals surface area (Å²) in [6, 6.07) is 0.757. The van der Waals surface area contributed by atoms with Crippen LogP contribution >= 0.6 is 11.6 Å². The van der Waals surface area contributed by atoms with Crippen molar-refractivity contribution in [2.45, 2.75) is 25.4 Å². The van der Waals surface area contributed by atoms with Gasteiger partial charge in [0, 0.05) is 19.2 Å². The van der Waals surface area contributed by atoms with Crippen LogP contribution in [0, 0.1) is 5.92 Å². The third-order valence-electron chi connectivity index (χ3n) is 3.42. The van der Waals surface area contributed by atoms with Crippen LogP contribution in [-0.2, 0) is 20.5 Å². The Hall–Kier alpha value is -2.03. The van der Waals surface area contributed by atoms with E-state index >= 15 is 0 Å². The Bertz CT molecular complexity index is 636. The average molecular weight is 380 g/mol. The lowest BCUT2D eigenvalue weighted by atomic mass is 10.2. The molecule has 25 heavy (non-hydrogen) atoms. The molecule has 1 aromatic heterocycles. The number of anilines is 1. The number of amides is 1. The van der Waals surface area contributed by atoms with Crippen molar-refractivity contribution in [1.82, 2.24) is 10.3 Å². The topological polar surface area (TPSA) is 80.3 Å². The van der Waals surface area contributed by atoms with Crippen LogP contribution in [0.1, 0.15) is 24.8 Å². The maximum atomic E-state index is 12.5. The second kappa shape index (κ2) is 8.37. The van der Waals surface area contributed by atoms with E-state index in [1.165, 1.54) is 0 Å². The zero-order valence-electron chi connectivity index (χ0n) is 13.2. The summed E-state index contributed by atoms with van der Waals surface area (Å²) in [5.74, 6) is -0.407. The molecule has 138 valence electrons. The second-order valence-corrected chi connectivity index (χ2v) is 6.04. The van der Waals surface area contributed by atoms with Crippen LogP contribution in [0.25, 0.3) is 0 Å². The van der Waals surface area contributed by atoms with Gasteiger partial charge in [0.05, 0.1) is 17.2 Å². The molecule has 2 rings (SSSR count). The SMILES string of the molecule is O=C(CCNc1ncc(C(F)(F)F)cc1Cl)NCC(=O)OCC1CC1. The molecule has 0 bridgehead atoms. The molecule has 0 atom stereocenters. The van der Waals surface area contributed by atoms with Crippen molar-refractivity contribution in [1.29, 1.82) is 0 Å². The number of nitrogens with zero attached hydrogens (tertiary/aromatic N) is 1. The lowest BCUT2D eigenvalue weighted by molar-refractivity contribution is -0.144. The summed E-state index contributed by atoms with van der Waals surface area (Å²) in [7, 11) is 0. The minimum absolute atomic E-state index is 0.00502. The molecule has 1 aromatic rings. The molecular weight excluding hydrogens is 363 g/mol. The van der Waals surface area contributed by atoms with Crippen molar-refractivity contribution in [2.75, 3.05) is 25.0 Å². The number of carbonyl (C=O) groups is 2. The highest BCUT2D eigenvalue weighted by Crippen LogP contribution is 2.32. The maximum absolute atomic E-state index is 12.5. The van der Waals surface area contributed by atoms with E-state index in [1.54, 1.807) is 0 Å². The summed E-state index contributed by atoms with van der Waals surface area (Å²) in [6.07, 6.45) is -1.75. The van der Waals surface area contributed by atoms with Crippen LogP contribution in [-0.4, -0.2) is 36.6 Å². The van der Waals surface area contributed by atoms with Crippen molar-refractivity contribution in [2.24, 2.45) is 5.92 Å². The minimum Gasteiger partial charge on any atom is -0.464 e. The lowest BCUT2D eigenvalue weighted by Crippen LogP contribution is -2.32. The van der Waals surface area contributed by atoms with Gasteiger partial charge in [0.25, 0.3) is 0 Å². The van der Waals surface area contributed by atoms with Gasteiger partial charge in [-0.15, -0.1) is 0 Å². The number of hydrogen-bond donors (Lipinski definition) is 2. The predicted molar refractivity (Wildman–Crippen MR) is 84.0 cm³/mol. The molecular formula is C15H17ClF3N3O3. The van der Waals surface area contributed by atoms with E-state index in [2.05, 4.69) is 15.6 Å². The Morgan fingerprint density at radius 3 is 2.68 bits per heavy atom. The smallest absolute Gasteiger partial charge is 0.417 e. The number of nitrogens with one attached hydrogen (secondary N) is 2. The van der Waals surface area contributed by atoms with Crippen molar-refractivity contribution in [3.05, 3.63) is 22.8 Å². The van der Waals surface area contributed by atoms with Crippen molar-refractivity contribution >= 4 is 29.3 Å². The standard InChI is InChI=1S/C15H17ClF3N3O3/c16-11-5-10(15(17,18)19)6-22-14(11)20-4-3-12(23)21-7-13(24)25-8-9-1-2-9/h5-6,9H,1-4,7-8H2,(H,20,22)(H,21,23). The Balaban J connectivity index is 1.67. The van der Waals surface area contributed by atoms with Gasteiger partial charge in [0.1, 0.15) is 12.4 Å². The molecule has 0 aromatic carbocycles. The average Bonchev–Trinajstić information content (AvgIpc) is 3.35. The summed E-state index contributed by atoms with van der Waals surface area (Å²) in [5.41, 5.74) is -0.953. The molecule has 0 saturated heterocycles. The molecule has 2 N–H and O–H groups in total. The van der Waals surface area contributed by atoms with E-state index in [1.807, 2.05) is 0 Å². The van der Waals surface area contributed by atoms with Gasteiger partial charge in [-0.1, -0.05) is 11.6 Å². The van der Waals surface area contributed by atoms with Gasteiger partial charge >= 0.3 is 12.1 Å². The number of pyridine rings is 1. The summed E-state index contributed by atoms with van der Waals surface area (Å²) in [5, 5.41) is 4.88. The van der Waals surface area contributed by atoms with Gasteiger partial charge in [-0.05, 0) is 24.8 Å².